The van der Waals surface area contributed by atoms with E-state index in [4.69, 9.17) is 4.52 Å². The summed E-state index contributed by atoms with van der Waals surface area (Å²) in [5.74, 6) is 1.60. The Morgan fingerprint density at radius 1 is 1.12 bits per heavy atom. The van der Waals surface area contributed by atoms with Crippen molar-refractivity contribution in [3.05, 3.63) is 11.7 Å². The molecule has 4 heteroatoms. The van der Waals surface area contributed by atoms with Crippen molar-refractivity contribution in [2.45, 2.75) is 52.0 Å². The molecule has 0 spiro atoms. The molecule has 1 fully saturated rings. The van der Waals surface area contributed by atoms with Gasteiger partial charge in [0.15, 0.2) is 5.82 Å². The normalized spacial score (nSPS) is 19.3. The zero-order valence-corrected chi connectivity index (χ0v) is 10.1. The fraction of sp³-hybridized carbons (Fsp3) is 0.833. The molecule has 0 bridgehead atoms. The molecule has 1 aromatic heterocycles. The minimum atomic E-state index is 0.775. The van der Waals surface area contributed by atoms with E-state index in [2.05, 4.69) is 15.0 Å². The van der Waals surface area contributed by atoms with Gasteiger partial charge < -0.3 is 4.52 Å². The number of hydrogen-bond acceptors (Lipinski definition) is 4. The van der Waals surface area contributed by atoms with Gasteiger partial charge in [0, 0.05) is 6.42 Å². The topological polar surface area (TPSA) is 42.2 Å². The number of aryl methyl sites for hydroxylation is 1. The Morgan fingerprint density at radius 3 is 2.44 bits per heavy atom. The molecule has 0 radical (unpaired) electrons. The molecule has 0 aromatic carbocycles. The summed E-state index contributed by atoms with van der Waals surface area (Å²) in [5.41, 5.74) is 0. The van der Waals surface area contributed by atoms with E-state index < -0.39 is 0 Å². The van der Waals surface area contributed by atoms with Gasteiger partial charge in [-0.3, -0.25) is 4.90 Å². The maximum atomic E-state index is 5.23. The van der Waals surface area contributed by atoms with Crippen molar-refractivity contribution in [3.8, 4) is 0 Å². The van der Waals surface area contributed by atoms with Crippen molar-refractivity contribution in [1.82, 2.24) is 15.0 Å². The number of likely N-dealkylation sites (tertiary alicyclic amines) is 1. The fourth-order valence-corrected chi connectivity index (χ4v) is 2.16. The van der Waals surface area contributed by atoms with Gasteiger partial charge in [-0.1, -0.05) is 31.3 Å². The summed E-state index contributed by atoms with van der Waals surface area (Å²) in [6.45, 7) is 5.21. The number of hydrogen-bond donors (Lipinski definition) is 0. The quantitative estimate of drug-likeness (QED) is 0.789. The first-order chi connectivity index (χ1) is 7.88. The molecule has 2 heterocycles. The lowest BCUT2D eigenvalue weighted by Crippen LogP contribution is -2.27. The lowest BCUT2D eigenvalue weighted by Gasteiger charge is -2.22. The molecular formula is C12H21N3O. The molecular weight excluding hydrogens is 202 g/mol. The summed E-state index contributed by atoms with van der Waals surface area (Å²) in [6, 6.07) is 0. The average Bonchev–Trinajstić information content (AvgIpc) is 2.69. The maximum absolute atomic E-state index is 5.23. The summed E-state index contributed by atoms with van der Waals surface area (Å²) in [7, 11) is 0. The fourth-order valence-electron chi connectivity index (χ4n) is 2.16. The van der Waals surface area contributed by atoms with Gasteiger partial charge in [0.2, 0.25) is 5.89 Å². The number of rotatable bonds is 3. The van der Waals surface area contributed by atoms with E-state index in [0.717, 1.165) is 24.7 Å². The van der Waals surface area contributed by atoms with Crippen LogP contribution in [0.1, 0.15) is 50.7 Å². The van der Waals surface area contributed by atoms with Gasteiger partial charge in [-0.15, -0.1) is 0 Å². The van der Waals surface area contributed by atoms with Crippen molar-refractivity contribution < 1.29 is 4.52 Å². The highest BCUT2D eigenvalue weighted by Gasteiger charge is 2.12. The van der Waals surface area contributed by atoms with Crippen molar-refractivity contribution in [2.24, 2.45) is 0 Å². The average molecular weight is 223 g/mol. The van der Waals surface area contributed by atoms with Crippen LogP contribution in [0.4, 0.5) is 0 Å². The van der Waals surface area contributed by atoms with Crippen LogP contribution in [0, 0.1) is 0 Å². The second-order valence-corrected chi connectivity index (χ2v) is 4.50. The minimum Gasteiger partial charge on any atom is -0.338 e. The van der Waals surface area contributed by atoms with Gasteiger partial charge in [0.25, 0.3) is 0 Å². The molecule has 2 rings (SSSR count). The molecule has 1 aliphatic heterocycles. The number of aromatic nitrogens is 2. The van der Waals surface area contributed by atoms with Gasteiger partial charge in [0.05, 0.1) is 6.54 Å². The molecule has 0 atom stereocenters. The Kier molecular flexibility index (Phi) is 4.34. The third-order valence-electron chi connectivity index (χ3n) is 3.13. The third kappa shape index (κ3) is 3.30. The predicted molar refractivity (Wildman–Crippen MR) is 62.0 cm³/mol. The van der Waals surface area contributed by atoms with E-state index in [0.29, 0.717) is 0 Å². The standard InChI is InChI=1S/C12H21N3O/c1-2-11-13-12(16-14-11)10-15-8-6-4-3-5-7-9-15/h2-10H2,1H3. The van der Waals surface area contributed by atoms with Crippen LogP contribution < -0.4 is 0 Å². The highest BCUT2D eigenvalue weighted by atomic mass is 16.5. The van der Waals surface area contributed by atoms with Crippen LogP contribution in [0.3, 0.4) is 0 Å². The molecule has 16 heavy (non-hydrogen) atoms. The molecule has 1 aliphatic rings. The van der Waals surface area contributed by atoms with Crippen LogP contribution in [-0.4, -0.2) is 28.1 Å². The van der Waals surface area contributed by atoms with Crippen LogP contribution in [0.15, 0.2) is 4.52 Å². The Labute approximate surface area is 97.0 Å². The molecule has 0 N–H and O–H groups in total. The van der Waals surface area contributed by atoms with Crippen molar-refractivity contribution >= 4 is 0 Å². The molecule has 4 nitrogen and oxygen atoms in total. The molecule has 90 valence electrons. The Bertz CT molecular complexity index is 303. The Balaban J connectivity index is 1.86. The highest BCUT2D eigenvalue weighted by molar-refractivity contribution is 4.85. The van der Waals surface area contributed by atoms with E-state index in [1.54, 1.807) is 0 Å². The van der Waals surface area contributed by atoms with Gasteiger partial charge in [0.1, 0.15) is 0 Å². The van der Waals surface area contributed by atoms with Crippen LogP contribution in [0.5, 0.6) is 0 Å². The van der Waals surface area contributed by atoms with E-state index in [1.165, 1.54) is 45.2 Å². The first-order valence-corrected chi connectivity index (χ1v) is 6.42. The summed E-state index contributed by atoms with van der Waals surface area (Å²) in [6.07, 6.45) is 7.57. The predicted octanol–water partition coefficient (Wildman–Crippen LogP) is 2.40. The van der Waals surface area contributed by atoms with Crippen LogP contribution in [0.2, 0.25) is 0 Å². The SMILES string of the molecule is CCc1noc(CN2CCCCCCC2)n1. The molecule has 1 aromatic rings. The summed E-state index contributed by atoms with van der Waals surface area (Å²) >= 11 is 0. The molecule has 0 unspecified atom stereocenters. The second-order valence-electron chi connectivity index (χ2n) is 4.50. The Hall–Kier alpha value is -0.900. The summed E-state index contributed by atoms with van der Waals surface area (Å²) < 4.78 is 5.23. The van der Waals surface area contributed by atoms with Gasteiger partial charge >= 0.3 is 0 Å². The first kappa shape index (κ1) is 11.6. The largest absolute Gasteiger partial charge is 0.338 e. The molecule has 0 amide bonds. The molecule has 1 saturated heterocycles. The lowest BCUT2D eigenvalue weighted by molar-refractivity contribution is 0.208. The zero-order valence-electron chi connectivity index (χ0n) is 10.1. The molecule has 0 saturated carbocycles. The van der Waals surface area contributed by atoms with Gasteiger partial charge in [-0.25, -0.2) is 0 Å². The van der Waals surface area contributed by atoms with Crippen molar-refractivity contribution in [2.75, 3.05) is 13.1 Å². The Morgan fingerprint density at radius 2 is 1.81 bits per heavy atom. The number of nitrogens with zero attached hydrogens (tertiary/aromatic N) is 3. The van der Waals surface area contributed by atoms with Crippen molar-refractivity contribution in [3.63, 3.8) is 0 Å². The van der Waals surface area contributed by atoms with Crippen LogP contribution >= 0.6 is 0 Å². The van der Waals surface area contributed by atoms with Crippen molar-refractivity contribution in [1.29, 1.82) is 0 Å². The van der Waals surface area contributed by atoms with Gasteiger partial charge in [-0.2, -0.15) is 4.98 Å². The third-order valence-corrected chi connectivity index (χ3v) is 3.13. The summed E-state index contributed by atoms with van der Waals surface area (Å²) in [4.78, 5) is 6.79. The lowest BCUT2D eigenvalue weighted by atomic mass is 10.1. The van der Waals surface area contributed by atoms with Gasteiger partial charge in [-0.05, 0) is 25.9 Å². The monoisotopic (exact) mass is 223 g/mol. The highest BCUT2D eigenvalue weighted by Crippen LogP contribution is 2.12. The smallest absolute Gasteiger partial charge is 0.240 e. The summed E-state index contributed by atoms with van der Waals surface area (Å²) in [5, 5.41) is 3.93. The second kappa shape index (κ2) is 5.99. The van der Waals surface area contributed by atoms with Crippen LogP contribution in [-0.2, 0) is 13.0 Å². The van der Waals surface area contributed by atoms with E-state index in [-0.39, 0.29) is 0 Å². The van der Waals surface area contributed by atoms with E-state index in [9.17, 15) is 0 Å². The van der Waals surface area contributed by atoms with Crippen LogP contribution in [0.25, 0.3) is 0 Å². The zero-order chi connectivity index (χ0) is 11.2. The maximum Gasteiger partial charge on any atom is 0.240 e. The molecule has 0 aliphatic carbocycles. The first-order valence-electron chi connectivity index (χ1n) is 6.42. The van der Waals surface area contributed by atoms with E-state index in [1.807, 2.05) is 6.92 Å². The van der Waals surface area contributed by atoms with E-state index >= 15 is 0 Å². The minimum absolute atomic E-state index is 0.775.